The first-order valence-electron chi connectivity index (χ1n) is 19.6. The normalized spacial score (nSPS) is 19.0. The Morgan fingerprint density at radius 1 is 0.692 bits per heavy atom. The van der Waals surface area contributed by atoms with Gasteiger partial charge < -0.3 is 5.32 Å². The molecule has 2 aliphatic heterocycles. The number of benzene rings is 1. The molecule has 4 aromatic heterocycles. The Kier molecular flexibility index (Phi) is 16.2. The number of nitrogens with one attached hydrogen (secondary N) is 1. The van der Waals surface area contributed by atoms with E-state index in [0.717, 1.165) is 64.5 Å². The molecular weight excluding hydrogens is 919 g/mol. The van der Waals surface area contributed by atoms with Gasteiger partial charge in [-0.25, -0.2) is 41.5 Å². The average molecular weight is 959 g/mol. The number of alkyl halides is 8. The van der Waals surface area contributed by atoms with Crippen molar-refractivity contribution in [2.45, 2.75) is 94.0 Å². The third-order valence-electron chi connectivity index (χ3n) is 10.6. The standard InChI is InChI=1S/C24H21F5N4O3S.C18H18F4N4O.ClH/c1-14-10-30-20(16-11-31-23(32-12-16)24(27,28)29)8-15(14)2-7-22(34)21-9-18(26)13-33(21)37(35,36)19-5-3-17(25)4-6-19;1-10-6-23-14(12-7-25-17(26-8-12)18(20,21)22)4-11(10)2-3-16(27)15-5-13(19)9-24-15;/h3-6,8,10-12,18,21H,2,7,9,13H2,1H3;4,6-8,13,15,24H,2-3,5,9H2,1H3;1H/t18-,21+;13-,15+;/m11./s1. The highest BCUT2D eigenvalue weighted by molar-refractivity contribution is 7.89. The van der Waals surface area contributed by atoms with Crippen LogP contribution in [0.25, 0.3) is 22.5 Å². The van der Waals surface area contributed by atoms with Gasteiger partial charge in [0.1, 0.15) is 23.9 Å². The first-order valence-corrected chi connectivity index (χ1v) is 21.1. The molecule has 5 aromatic rings. The summed E-state index contributed by atoms with van der Waals surface area (Å²) in [5.74, 6) is -3.66. The van der Waals surface area contributed by atoms with Crippen LogP contribution >= 0.6 is 12.4 Å². The van der Waals surface area contributed by atoms with E-state index >= 15 is 0 Å². The molecule has 2 aliphatic rings. The van der Waals surface area contributed by atoms with Crippen LogP contribution in [0.1, 0.15) is 59.6 Å². The second kappa shape index (κ2) is 20.8. The number of Topliss-reactive ketones (excluding diaryl/α,β-unsaturated/α-hetero) is 2. The molecule has 0 radical (unpaired) electrons. The van der Waals surface area contributed by atoms with Gasteiger partial charge >= 0.3 is 12.4 Å². The van der Waals surface area contributed by atoms with Crippen LogP contribution in [-0.2, 0) is 44.8 Å². The largest absolute Gasteiger partial charge is 0.451 e. The maximum atomic E-state index is 14.3. The van der Waals surface area contributed by atoms with E-state index in [4.69, 9.17) is 0 Å². The van der Waals surface area contributed by atoms with Gasteiger partial charge in [-0.1, -0.05) is 0 Å². The maximum Gasteiger partial charge on any atom is 0.451 e. The van der Waals surface area contributed by atoms with Crippen molar-refractivity contribution in [2.24, 2.45) is 0 Å². The predicted octanol–water partition coefficient (Wildman–Crippen LogP) is 7.80. The van der Waals surface area contributed by atoms with Crippen molar-refractivity contribution < 1.29 is 57.5 Å². The molecule has 348 valence electrons. The van der Waals surface area contributed by atoms with Gasteiger partial charge in [0, 0.05) is 87.1 Å². The summed E-state index contributed by atoms with van der Waals surface area (Å²) < 4.78 is 143. The maximum absolute atomic E-state index is 14.3. The van der Waals surface area contributed by atoms with E-state index in [1.165, 1.54) is 6.20 Å². The molecule has 1 N–H and O–H groups in total. The minimum atomic E-state index is -4.68. The minimum Gasteiger partial charge on any atom is -0.304 e. The zero-order chi connectivity index (χ0) is 46.6. The Hall–Kier alpha value is -5.45. The number of pyridine rings is 2. The summed E-state index contributed by atoms with van der Waals surface area (Å²) >= 11 is 0. The monoisotopic (exact) mass is 958 g/mol. The van der Waals surface area contributed by atoms with Gasteiger partial charge in [-0.15, -0.1) is 12.4 Å². The fraction of sp³-hybridized carbons (Fsp3) is 0.381. The van der Waals surface area contributed by atoms with E-state index < -0.39 is 76.6 Å². The first kappa shape index (κ1) is 50.5. The van der Waals surface area contributed by atoms with E-state index in [1.54, 1.807) is 25.3 Å². The predicted molar refractivity (Wildman–Crippen MR) is 219 cm³/mol. The molecule has 0 unspecified atom stereocenters. The van der Waals surface area contributed by atoms with Gasteiger partial charge in [-0.2, -0.15) is 30.6 Å². The van der Waals surface area contributed by atoms with E-state index in [2.05, 4.69) is 35.2 Å². The SMILES string of the molecule is Cc1cnc(-c2cnc(C(F)(F)F)nc2)cc1CCC(=O)[C@@H]1C[C@@H](F)CN1.Cc1cnc(-c2cnc(C(F)(F)F)nc2)cc1CCC(=O)[C@@H]1C[C@@H](F)CN1S(=O)(=O)c1ccc(F)cc1.Cl. The van der Waals surface area contributed by atoms with Gasteiger partial charge in [0.05, 0.1) is 28.4 Å². The number of ketones is 2. The zero-order valence-electron chi connectivity index (χ0n) is 34.4. The Labute approximate surface area is 373 Å². The third-order valence-corrected chi connectivity index (χ3v) is 12.5. The van der Waals surface area contributed by atoms with Crippen LogP contribution in [-0.4, -0.2) is 91.7 Å². The average Bonchev–Trinajstić information content (AvgIpc) is 3.88. The molecule has 12 nitrogen and oxygen atoms in total. The fourth-order valence-electron chi connectivity index (χ4n) is 7.05. The van der Waals surface area contributed by atoms with E-state index in [1.807, 2.05) is 6.92 Å². The summed E-state index contributed by atoms with van der Waals surface area (Å²) in [5.41, 5.74) is 4.40. The van der Waals surface area contributed by atoms with Gasteiger partial charge in [0.2, 0.25) is 21.7 Å². The number of hydrogen-bond donors (Lipinski definition) is 1. The first-order chi connectivity index (χ1) is 30.1. The summed E-state index contributed by atoms with van der Waals surface area (Å²) in [4.78, 5) is 46.7. The smallest absolute Gasteiger partial charge is 0.304 e. The lowest BCUT2D eigenvalue weighted by molar-refractivity contribution is -0.145. The van der Waals surface area contributed by atoms with Crippen LogP contribution in [0.4, 0.5) is 39.5 Å². The van der Waals surface area contributed by atoms with Crippen LogP contribution < -0.4 is 5.32 Å². The van der Waals surface area contributed by atoms with Gasteiger partial charge in [0.25, 0.3) is 0 Å². The van der Waals surface area contributed by atoms with Crippen molar-refractivity contribution in [3.63, 3.8) is 0 Å². The summed E-state index contributed by atoms with van der Waals surface area (Å²) in [6.45, 7) is 3.29. The molecule has 0 amide bonds. The van der Waals surface area contributed by atoms with Crippen molar-refractivity contribution in [1.82, 2.24) is 39.5 Å². The zero-order valence-corrected chi connectivity index (χ0v) is 36.0. The molecular formula is C42H40ClF9N8O4S. The van der Waals surface area contributed by atoms with Crippen molar-refractivity contribution in [3.05, 3.63) is 113 Å². The highest BCUT2D eigenvalue weighted by Gasteiger charge is 2.44. The van der Waals surface area contributed by atoms with Gasteiger partial charge in [-0.05, 0) is 85.3 Å². The second-order valence-electron chi connectivity index (χ2n) is 15.2. The third kappa shape index (κ3) is 12.7. The number of carbonyl (C=O) groups excluding carboxylic acids is 2. The van der Waals surface area contributed by atoms with Crippen LogP contribution in [0.15, 0.2) is 78.5 Å². The Morgan fingerprint density at radius 2 is 1.15 bits per heavy atom. The molecule has 4 atom stereocenters. The molecule has 2 saturated heterocycles. The van der Waals surface area contributed by atoms with Crippen molar-refractivity contribution in [3.8, 4) is 22.5 Å². The van der Waals surface area contributed by atoms with Gasteiger partial charge in [0.15, 0.2) is 5.78 Å². The summed E-state index contributed by atoms with van der Waals surface area (Å²) in [6, 6.07) is 5.70. The lowest BCUT2D eigenvalue weighted by atomic mass is 9.99. The fourth-order valence-corrected chi connectivity index (χ4v) is 8.70. The van der Waals surface area contributed by atoms with E-state index in [9.17, 15) is 57.5 Å². The Balaban J connectivity index is 0.000000252. The topological polar surface area (TPSA) is 161 Å². The van der Waals surface area contributed by atoms with Crippen molar-refractivity contribution in [2.75, 3.05) is 13.1 Å². The van der Waals surface area contributed by atoms with Crippen LogP contribution in [0, 0.1) is 19.7 Å². The Morgan fingerprint density at radius 3 is 1.58 bits per heavy atom. The van der Waals surface area contributed by atoms with E-state index in [0.29, 0.717) is 34.5 Å². The lowest BCUT2D eigenvalue weighted by Gasteiger charge is -2.23. The minimum absolute atomic E-state index is 0. The molecule has 23 heteroatoms. The number of carbonyl (C=O) groups is 2. The molecule has 1 aromatic carbocycles. The number of nitrogens with zero attached hydrogens (tertiary/aromatic N) is 7. The number of sulfonamides is 1. The molecule has 6 heterocycles. The summed E-state index contributed by atoms with van der Waals surface area (Å²) in [7, 11) is -4.23. The molecule has 0 saturated carbocycles. The van der Waals surface area contributed by atoms with Crippen LogP contribution in [0.5, 0.6) is 0 Å². The number of halogens is 10. The quantitative estimate of drug-likeness (QED) is 0.122. The van der Waals surface area contributed by atoms with Crippen LogP contribution in [0.3, 0.4) is 0 Å². The molecule has 0 bridgehead atoms. The number of rotatable bonds is 12. The highest BCUT2D eigenvalue weighted by Crippen LogP contribution is 2.32. The van der Waals surface area contributed by atoms with Crippen LogP contribution in [0.2, 0.25) is 0 Å². The second-order valence-corrected chi connectivity index (χ2v) is 17.1. The molecule has 0 aliphatic carbocycles. The molecule has 2 fully saturated rings. The van der Waals surface area contributed by atoms with Crippen molar-refractivity contribution >= 4 is 34.0 Å². The number of hydrogen-bond acceptors (Lipinski definition) is 11. The molecule has 7 rings (SSSR count). The number of aromatic nitrogens is 6. The molecule has 65 heavy (non-hydrogen) atoms. The lowest BCUT2D eigenvalue weighted by Crippen LogP contribution is -2.40. The summed E-state index contributed by atoms with van der Waals surface area (Å²) in [5, 5.41) is 2.87. The number of aryl methyl sites for hydroxylation is 4. The van der Waals surface area contributed by atoms with Crippen molar-refractivity contribution in [1.29, 1.82) is 0 Å². The van der Waals surface area contributed by atoms with Gasteiger partial charge in [-0.3, -0.25) is 19.6 Å². The van der Waals surface area contributed by atoms with E-state index in [-0.39, 0.29) is 67.3 Å². The highest BCUT2D eigenvalue weighted by atomic mass is 35.5. The Bertz CT molecular complexity index is 2570. The molecule has 0 spiro atoms. The summed E-state index contributed by atoms with van der Waals surface area (Å²) in [6.07, 6.45) is -3.91.